The van der Waals surface area contributed by atoms with Crippen LogP contribution < -0.4 is 5.32 Å². The molecular formula is C12H17NO. The van der Waals surface area contributed by atoms with E-state index in [-0.39, 0.29) is 17.7 Å². The van der Waals surface area contributed by atoms with Crippen molar-refractivity contribution in [1.29, 1.82) is 0 Å². The lowest BCUT2D eigenvalue weighted by molar-refractivity contribution is 0.264. The zero-order chi connectivity index (χ0) is 10.2. The second-order valence-electron chi connectivity index (χ2n) is 4.49. The van der Waals surface area contributed by atoms with Gasteiger partial charge in [0.15, 0.2) is 0 Å². The average molecular weight is 191 g/mol. The Hall–Kier alpha value is -0.860. The van der Waals surface area contributed by atoms with Crippen molar-refractivity contribution in [3.63, 3.8) is 0 Å². The van der Waals surface area contributed by atoms with Crippen molar-refractivity contribution in [3.05, 3.63) is 35.9 Å². The van der Waals surface area contributed by atoms with Gasteiger partial charge in [-0.2, -0.15) is 0 Å². The van der Waals surface area contributed by atoms with Gasteiger partial charge < -0.3 is 5.11 Å². The molecule has 2 rings (SSSR count). The van der Waals surface area contributed by atoms with Gasteiger partial charge in [0.05, 0.1) is 5.54 Å². The Balaban J connectivity index is 2.31. The molecule has 1 aromatic carbocycles. The van der Waals surface area contributed by atoms with Crippen molar-refractivity contribution < 1.29 is 5.11 Å². The summed E-state index contributed by atoms with van der Waals surface area (Å²) in [6, 6.07) is 10.4. The minimum atomic E-state index is -0.0109. The lowest BCUT2D eigenvalue weighted by atomic mass is 9.86. The molecule has 0 aromatic heterocycles. The van der Waals surface area contributed by atoms with E-state index in [2.05, 4.69) is 31.3 Å². The third-order valence-corrected chi connectivity index (χ3v) is 3.28. The largest absolute Gasteiger partial charge is 0.396 e. The predicted molar refractivity (Wildman–Crippen MR) is 57.0 cm³/mol. The van der Waals surface area contributed by atoms with Crippen molar-refractivity contribution in [3.8, 4) is 0 Å². The third-order valence-electron chi connectivity index (χ3n) is 3.28. The molecule has 1 unspecified atom stereocenters. The predicted octanol–water partition coefficient (Wildman–Crippen LogP) is 1.65. The molecule has 76 valence electrons. The van der Waals surface area contributed by atoms with E-state index in [0.29, 0.717) is 0 Å². The van der Waals surface area contributed by atoms with Crippen LogP contribution in [0.4, 0.5) is 0 Å². The van der Waals surface area contributed by atoms with Crippen LogP contribution in [0.1, 0.15) is 25.8 Å². The molecule has 14 heavy (non-hydrogen) atoms. The normalized spacial score (nSPS) is 28.8. The van der Waals surface area contributed by atoms with Crippen molar-refractivity contribution in [2.75, 3.05) is 6.61 Å². The summed E-state index contributed by atoms with van der Waals surface area (Å²) in [6.07, 6.45) is 0.782. The summed E-state index contributed by atoms with van der Waals surface area (Å²) in [7, 11) is 0. The molecule has 1 heterocycles. The van der Waals surface area contributed by atoms with Gasteiger partial charge in [0.25, 0.3) is 0 Å². The van der Waals surface area contributed by atoms with Gasteiger partial charge in [-0.15, -0.1) is 0 Å². The Morgan fingerprint density at radius 1 is 1.21 bits per heavy atom. The van der Waals surface area contributed by atoms with E-state index in [1.54, 1.807) is 0 Å². The maximum Gasteiger partial charge on any atom is 0.0640 e. The summed E-state index contributed by atoms with van der Waals surface area (Å²) < 4.78 is 0. The first-order chi connectivity index (χ1) is 6.62. The molecular weight excluding hydrogens is 174 g/mol. The highest BCUT2D eigenvalue weighted by atomic mass is 16.3. The first-order valence-corrected chi connectivity index (χ1v) is 5.08. The van der Waals surface area contributed by atoms with Gasteiger partial charge in [-0.25, -0.2) is 0 Å². The summed E-state index contributed by atoms with van der Waals surface area (Å²) in [5, 5.41) is 12.6. The van der Waals surface area contributed by atoms with E-state index < -0.39 is 0 Å². The highest BCUT2D eigenvalue weighted by Gasteiger charge is 2.60. The molecule has 2 N–H and O–H groups in total. The number of benzene rings is 1. The summed E-state index contributed by atoms with van der Waals surface area (Å²) in [5.74, 6) is 0. The second-order valence-corrected chi connectivity index (χ2v) is 4.49. The highest BCUT2D eigenvalue weighted by Crippen LogP contribution is 2.49. The van der Waals surface area contributed by atoms with Crippen LogP contribution in [0.3, 0.4) is 0 Å². The molecule has 1 aromatic rings. The van der Waals surface area contributed by atoms with Crippen LogP contribution in [0, 0.1) is 0 Å². The van der Waals surface area contributed by atoms with Crippen LogP contribution in [-0.2, 0) is 5.54 Å². The minimum Gasteiger partial charge on any atom is -0.396 e. The number of nitrogens with one attached hydrogen (secondary N) is 1. The SMILES string of the molecule is CC1(C)NC1(CCO)c1ccccc1. The molecule has 1 atom stereocenters. The smallest absolute Gasteiger partial charge is 0.0640 e. The zero-order valence-corrected chi connectivity index (χ0v) is 8.75. The molecule has 1 aliphatic rings. The summed E-state index contributed by atoms with van der Waals surface area (Å²) in [4.78, 5) is 0. The van der Waals surface area contributed by atoms with Gasteiger partial charge in [0.2, 0.25) is 0 Å². The molecule has 2 heteroatoms. The number of rotatable bonds is 3. The number of hydrogen-bond acceptors (Lipinski definition) is 2. The molecule has 0 aliphatic carbocycles. The minimum absolute atomic E-state index is 0.0109. The molecule has 0 bridgehead atoms. The van der Waals surface area contributed by atoms with Crippen molar-refractivity contribution in [2.24, 2.45) is 0 Å². The van der Waals surface area contributed by atoms with Crippen LogP contribution in [0.25, 0.3) is 0 Å². The van der Waals surface area contributed by atoms with Crippen LogP contribution in [0.15, 0.2) is 30.3 Å². The van der Waals surface area contributed by atoms with Crippen LogP contribution in [0.5, 0.6) is 0 Å². The maximum absolute atomic E-state index is 9.10. The Morgan fingerprint density at radius 2 is 1.79 bits per heavy atom. The maximum atomic E-state index is 9.10. The highest BCUT2D eigenvalue weighted by molar-refractivity contribution is 5.38. The van der Waals surface area contributed by atoms with Crippen molar-refractivity contribution >= 4 is 0 Å². The number of hydrogen-bond donors (Lipinski definition) is 2. The quantitative estimate of drug-likeness (QED) is 0.713. The third kappa shape index (κ3) is 1.26. The van der Waals surface area contributed by atoms with Crippen LogP contribution >= 0.6 is 0 Å². The van der Waals surface area contributed by atoms with E-state index >= 15 is 0 Å². The second kappa shape index (κ2) is 3.07. The van der Waals surface area contributed by atoms with E-state index in [9.17, 15) is 0 Å². The van der Waals surface area contributed by atoms with E-state index in [0.717, 1.165) is 6.42 Å². The van der Waals surface area contributed by atoms with Gasteiger partial charge in [-0.3, -0.25) is 5.32 Å². The Bertz CT molecular complexity index is 320. The standard InChI is InChI=1S/C12H17NO/c1-11(2)12(13-11,8-9-14)10-6-4-3-5-7-10/h3-7,13-14H,8-9H2,1-2H3. The fourth-order valence-corrected chi connectivity index (χ4v) is 2.34. The Kier molecular flexibility index (Phi) is 2.13. The van der Waals surface area contributed by atoms with E-state index in [1.165, 1.54) is 5.56 Å². The van der Waals surface area contributed by atoms with E-state index in [4.69, 9.17) is 5.11 Å². The lowest BCUT2D eigenvalue weighted by Gasteiger charge is -2.16. The van der Waals surface area contributed by atoms with Gasteiger partial charge in [-0.1, -0.05) is 30.3 Å². The molecule has 0 spiro atoms. The van der Waals surface area contributed by atoms with Crippen LogP contribution in [0.2, 0.25) is 0 Å². The molecule has 0 saturated carbocycles. The molecule has 0 radical (unpaired) electrons. The molecule has 1 saturated heterocycles. The first-order valence-electron chi connectivity index (χ1n) is 5.08. The Morgan fingerprint density at radius 3 is 2.21 bits per heavy atom. The topological polar surface area (TPSA) is 42.2 Å². The summed E-state index contributed by atoms with van der Waals surface area (Å²) in [5.41, 5.74) is 1.37. The summed E-state index contributed by atoms with van der Waals surface area (Å²) in [6.45, 7) is 4.58. The summed E-state index contributed by atoms with van der Waals surface area (Å²) >= 11 is 0. The fourth-order valence-electron chi connectivity index (χ4n) is 2.34. The lowest BCUT2D eigenvalue weighted by Crippen LogP contribution is -2.20. The van der Waals surface area contributed by atoms with Gasteiger partial charge >= 0.3 is 0 Å². The van der Waals surface area contributed by atoms with Crippen molar-refractivity contribution in [2.45, 2.75) is 31.3 Å². The van der Waals surface area contributed by atoms with Gasteiger partial charge in [0.1, 0.15) is 0 Å². The first kappa shape index (κ1) is 9.69. The average Bonchev–Trinajstić information content (AvgIpc) is 2.72. The van der Waals surface area contributed by atoms with E-state index in [1.807, 2.05) is 18.2 Å². The Labute approximate surface area is 85.0 Å². The zero-order valence-electron chi connectivity index (χ0n) is 8.75. The fraction of sp³-hybridized carbons (Fsp3) is 0.500. The molecule has 1 aliphatic heterocycles. The number of aliphatic hydroxyl groups excluding tert-OH is 1. The van der Waals surface area contributed by atoms with Crippen molar-refractivity contribution in [1.82, 2.24) is 5.32 Å². The van der Waals surface area contributed by atoms with Gasteiger partial charge in [-0.05, 0) is 25.8 Å². The number of aliphatic hydroxyl groups is 1. The van der Waals surface area contributed by atoms with Crippen LogP contribution in [-0.4, -0.2) is 17.3 Å². The monoisotopic (exact) mass is 191 g/mol. The molecule has 0 amide bonds. The van der Waals surface area contributed by atoms with Gasteiger partial charge in [0, 0.05) is 12.1 Å². The molecule has 1 fully saturated rings. The molecule has 2 nitrogen and oxygen atoms in total.